The number of nitrogens with zero attached hydrogens (tertiary/aromatic N) is 3. The van der Waals surface area contributed by atoms with E-state index in [1.807, 2.05) is 0 Å². The first kappa shape index (κ1) is 16.9. The van der Waals surface area contributed by atoms with Crippen molar-refractivity contribution in [1.29, 1.82) is 0 Å². The lowest BCUT2D eigenvalue weighted by atomic mass is 10.1. The summed E-state index contributed by atoms with van der Waals surface area (Å²) in [6, 6.07) is 13.5. The Balaban J connectivity index is 1.79. The average Bonchev–Trinajstić information content (AvgIpc) is 3.36. The van der Waals surface area contributed by atoms with Crippen molar-refractivity contribution in [2.24, 2.45) is 0 Å². The van der Waals surface area contributed by atoms with Gasteiger partial charge in [-0.25, -0.2) is 9.07 Å². The number of carbonyl (C=O) groups excluding carboxylic acids is 1. The van der Waals surface area contributed by atoms with E-state index in [2.05, 4.69) is 10.4 Å². The van der Waals surface area contributed by atoms with E-state index in [0.29, 0.717) is 11.4 Å². The third-order valence-corrected chi connectivity index (χ3v) is 4.31. The first-order valence-corrected chi connectivity index (χ1v) is 8.43. The standard InChI is InChI=1S/C19H15FN4O3/c20-16-4-2-1-3-15(16)17-11-18(19(25)21-12-5-6-12)23(22-17)13-7-9-14(10-8-13)24(26)27/h1-4,7-12H,5-6H2,(H,21,25). The van der Waals surface area contributed by atoms with Gasteiger partial charge in [0, 0.05) is 23.7 Å². The minimum absolute atomic E-state index is 0.0655. The van der Waals surface area contributed by atoms with Gasteiger partial charge in [0.05, 0.1) is 16.3 Å². The van der Waals surface area contributed by atoms with E-state index in [1.54, 1.807) is 18.2 Å². The van der Waals surface area contributed by atoms with Crippen molar-refractivity contribution < 1.29 is 14.1 Å². The molecule has 1 aliphatic carbocycles. The molecule has 1 heterocycles. The second-order valence-corrected chi connectivity index (χ2v) is 6.33. The van der Waals surface area contributed by atoms with Crippen molar-refractivity contribution in [1.82, 2.24) is 15.1 Å². The maximum absolute atomic E-state index is 14.2. The lowest BCUT2D eigenvalue weighted by Gasteiger charge is -2.07. The van der Waals surface area contributed by atoms with Crippen LogP contribution in [0.4, 0.5) is 10.1 Å². The van der Waals surface area contributed by atoms with Crippen LogP contribution in [0.2, 0.25) is 0 Å². The molecule has 1 amide bonds. The van der Waals surface area contributed by atoms with Gasteiger partial charge in [0.25, 0.3) is 11.6 Å². The fourth-order valence-corrected chi connectivity index (χ4v) is 2.74. The number of hydrogen-bond acceptors (Lipinski definition) is 4. The zero-order valence-corrected chi connectivity index (χ0v) is 14.1. The molecule has 1 fully saturated rings. The number of aromatic nitrogens is 2. The van der Waals surface area contributed by atoms with Crippen LogP contribution in [0.3, 0.4) is 0 Å². The van der Waals surface area contributed by atoms with Crippen molar-refractivity contribution in [3.63, 3.8) is 0 Å². The third-order valence-electron chi connectivity index (χ3n) is 4.31. The largest absolute Gasteiger partial charge is 0.348 e. The molecule has 1 aliphatic rings. The van der Waals surface area contributed by atoms with E-state index in [4.69, 9.17) is 0 Å². The Labute approximate surface area is 153 Å². The van der Waals surface area contributed by atoms with Gasteiger partial charge in [-0.1, -0.05) is 12.1 Å². The lowest BCUT2D eigenvalue weighted by molar-refractivity contribution is -0.384. The number of amides is 1. The molecule has 8 heteroatoms. The maximum atomic E-state index is 14.2. The highest BCUT2D eigenvalue weighted by atomic mass is 19.1. The van der Waals surface area contributed by atoms with Gasteiger partial charge < -0.3 is 5.32 Å². The summed E-state index contributed by atoms with van der Waals surface area (Å²) in [4.78, 5) is 23.0. The fraction of sp³-hybridized carbons (Fsp3) is 0.158. The quantitative estimate of drug-likeness (QED) is 0.553. The summed E-state index contributed by atoms with van der Waals surface area (Å²) in [6.45, 7) is 0. The zero-order valence-electron chi connectivity index (χ0n) is 14.1. The summed E-state index contributed by atoms with van der Waals surface area (Å²) in [5.41, 5.74) is 1.24. The van der Waals surface area contributed by atoms with E-state index < -0.39 is 10.7 Å². The summed E-state index contributed by atoms with van der Waals surface area (Å²) >= 11 is 0. The van der Waals surface area contributed by atoms with Gasteiger partial charge in [0.2, 0.25) is 0 Å². The third kappa shape index (κ3) is 3.41. The summed E-state index contributed by atoms with van der Waals surface area (Å²) < 4.78 is 15.5. The molecule has 1 saturated carbocycles. The highest BCUT2D eigenvalue weighted by molar-refractivity contribution is 5.94. The molecule has 0 atom stereocenters. The number of rotatable bonds is 5. The predicted molar refractivity (Wildman–Crippen MR) is 96.1 cm³/mol. The molecule has 0 spiro atoms. The normalized spacial score (nSPS) is 13.4. The molecule has 1 aromatic heterocycles. The number of nitrogens with one attached hydrogen (secondary N) is 1. The molecule has 3 aromatic rings. The van der Waals surface area contributed by atoms with Gasteiger partial charge in [-0.3, -0.25) is 14.9 Å². The number of halogens is 1. The molecule has 0 aliphatic heterocycles. The highest BCUT2D eigenvalue weighted by Crippen LogP contribution is 2.26. The van der Waals surface area contributed by atoms with Crippen molar-refractivity contribution in [3.8, 4) is 16.9 Å². The van der Waals surface area contributed by atoms with Crippen molar-refractivity contribution >= 4 is 11.6 Å². The Morgan fingerprint density at radius 2 is 1.89 bits per heavy atom. The predicted octanol–water partition coefficient (Wildman–Crippen LogP) is 3.48. The Bertz CT molecular complexity index is 1030. The van der Waals surface area contributed by atoms with Gasteiger partial charge >= 0.3 is 0 Å². The number of nitro benzene ring substituents is 1. The minimum atomic E-state index is -0.502. The van der Waals surface area contributed by atoms with Crippen LogP contribution in [0.5, 0.6) is 0 Å². The number of nitro groups is 1. The van der Waals surface area contributed by atoms with Crippen molar-refractivity contribution in [3.05, 3.63) is 76.2 Å². The topological polar surface area (TPSA) is 90.1 Å². The second-order valence-electron chi connectivity index (χ2n) is 6.33. The summed E-state index contributed by atoms with van der Waals surface area (Å²) in [7, 11) is 0. The summed E-state index contributed by atoms with van der Waals surface area (Å²) in [5, 5.41) is 18.1. The Kier molecular flexibility index (Phi) is 4.15. The van der Waals surface area contributed by atoms with Crippen LogP contribution >= 0.6 is 0 Å². The number of carbonyl (C=O) groups is 1. The zero-order chi connectivity index (χ0) is 19.0. The smallest absolute Gasteiger partial charge is 0.270 e. The minimum Gasteiger partial charge on any atom is -0.348 e. The van der Waals surface area contributed by atoms with Crippen LogP contribution in [-0.4, -0.2) is 26.7 Å². The van der Waals surface area contributed by atoms with Crippen molar-refractivity contribution in [2.75, 3.05) is 0 Å². The maximum Gasteiger partial charge on any atom is 0.270 e. The molecule has 2 aromatic carbocycles. The number of non-ortho nitro benzene ring substituents is 1. The average molecular weight is 366 g/mol. The van der Waals surface area contributed by atoms with Gasteiger partial charge in [0.1, 0.15) is 11.5 Å². The van der Waals surface area contributed by atoms with Gasteiger partial charge in [-0.2, -0.15) is 5.10 Å². The first-order chi connectivity index (χ1) is 13.0. The monoisotopic (exact) mass is 366 g/mol. The molecule has 27 heavy (non-hydrogen) atoms. The summed E-state index contributed by atoms with van der Waals surface area (Å²) in [5.74, 6) is -0.758. The van der Waals surface area contributed by atoms with Crippen LogP contribution in [0, 0.1) is 15.9 Å². The molecule has 7 nitrogen and oxygen atoms in total. The number of hydrogen-bond donors (Lipinski definition) is 1. The summed E-state index contributed by atoms with van der Waals surface area (Å²) in [6.07, 6.45) is 1.86. The Morgan fingerprint density at radius 3 is 2.52 bits per heavy atom. The van der Waals surface area contributed by atoms with E-state index >= 15 is 0 Å². The van der Waals surface area contributed by atoms with Crippen LogP contribution in [0.25, 0.3) is 16.9 Å². The molecule has 0 bridgehead atoms. The highest BCUT2D eigenvalue weighted by Gasteiger charge is 2.27. The molecule has 0 radical (unpaired) electrons. The van der Waals surface area contributed by atoms with Crippen LogP contribution in [0.15, 0.2) is 54.6 Å². The SMILES string of the molecule is O=C(NC1CC1)c1cc(-c2ccccc2F)nn1-c1ccc([N+](=O)[O-])cc1. The fourth-order valence-electron chi connectivity index (χ4n) is 2.74. The Morgan fingerprint density at radius 1 is 1.19 bits per heavy atom. The Hall–Kier alpha value is -3.55. The van der Waals surface area contributed by atoms with Gasteiger partial charge in [-0.05, 0) is 43.2 Å². The van der Waals surface area contributed by atoms with E-state index in [0.717, 1.165) is 12.8 Å². The molecule has 0 saturated heterocycles. The van der Waals surface area contributed by atoms with Crippen LogP contribution in [-0.2, 0) is 0 Å². The lowest BCUT2D eigenvalue weighted by Crippen LogP contribution is -2.27. The van der Waals surface area contributed by atoms with E-state index in [-0.39, 0.29) is 28.9 Å². The molecular weight excluding hydrogens is 351 g/mol. The van der Waals surface area contributed by atoms with E-state index in [9.17, 15) is 19.3 Å². The van der Waals surface area contributed by atoms with E-state index in [1.165, 1.54) is 41.1 Å². The second kappa shape index (κ2) is 6.64. The number of benzene rings is 2. The van der Waals surface area contributed by atoms with Crippen molar-refractivity contribution in [2.45, 2.75) is 18.9 Å². The van der Waals surface area contributed by atoms with Gasteiger partial charge in [0.15, 0.2) is 0 Å². The molecule has 0 unspecified atom stereocenters. The first-order valence-electron chi connectivity index (χ1n) is 8.43. The molecule has 4 rings (SSSR count). The molecular formula is C19H15FN4O3. The van der Waals surface area contributed by atoms with Crippen LogP contribution in [0.1, 0.15) is 23.3 Å². The molecule has 1 N–H and O–H groups in total. The van der Waals surface area contributed by atoms with Crippen LogP contribution < -0.4 is 5.32 Å². The molecule has 136 valence electrons. The van der Waals surface area contributed by atoms with Gasteiger partial charge in [-0.15, -0.1) is 0 Å².